The van der Waals surface area contributed by atoms with Crippen LogP contribution in [0.25, 0.3) is 11.5 Å². The van der Waals surface area contributed by atoms with Crippen LogP contribution in [0.2, 0.25) is 0 Å². The molecule has 0 unspecified atom stereocenters. The summed E-state index contributed by atoms with van der Waals surface area (Å²) in [5, 5.41) is 0. The highest BCUT2D eigenvalue weighted by Gasteiger charge is 2.26. The van der Waals surface area contributed by atoms with Gasteiger partial charge in [-0.2, -0.15) is 0 Å². The Kier molecular flexibility index (Phi) is 6.12. The molecule has 7 nitrogen and oxygen atoms in total. The maximum absolute atomic E-state index is 13.5. The molecule has 0 saturated carbocycles. The highest BCUT2D eigenvalue weighted by atomic mass is 19.1. The summed E-state index contributed by atoms with van der Waals surface area (Å²) in [6.45, 7) is 1.30. The SMILES string of the molecule is Cn1ccnc1-c1cncc(C2CCN(C(=O)c3ccnc(Cc4cccc(F)c4)c3)CC2)n1. The number of aryl methyl sites for hydroxylation is 1. The van der Waals surface area contributed by atoms with Gasteiger partial charge >= 0.3 is 0 Å². The highest BCUT2D eigenvalue weighted by Crippen LogP contribution is 2.28. The largest absolute Gasteiger partial charge is 0.339 e. The first-order valence-electron chi connectivity index (χ1n) is 11.3. The van der Waals surface area contributed by atoms with Crippen LogP contribution in [0.1, 0.15) is 46.1 Å². The fourth-order valence-corrected chi connectivity index (χ4v) is 4.42. The van der Waals surface area contributed by atoms with Crippen molar-refractivity contribution in [3.05, 3.63) is 95.7 Å². The summed E-state index contributed by atoms with van der Waals surface area (Å²) in [6.07, 6.45) is 11.0. The van der Waals surface area contributed by atoms with Crippen LogP contribution < -0.4 is 0 Å². The van der Waals surface area contributed by atoms with Gasteiger partial charge in [-0.3, -0.25) is 14.8 Å². The topological polar surface area (TPSA) is 76.8 Å². The van der Waals surface area contributed by atoms with Gasteiger partial charge in [0.05, 0.1) is 11.9 Å². The average molecular weight is 457 g/mol. The molecule has 4 aromatic rings. The quantitative estimate of drug-likeness (QED) is 0.453. The van der Waals surface area contributed by atoms with Gasteiger partial charge in [0.1, 0.15) is 11.5 Å². The number of hydrogen-bond donors (Lipinski definition) is 0. The molecule has 0 spiro atoms. The molecular formula is C26H25FN6O. The Balaban J connectivity index is 1.24. The third-order valence-corrected chi connectivity index (χ3v) is 6.24. The van der Waals surface area contributed by atoms with Crippen molar-refractivity contribution in [1.82, 2.24) is 29.4 Å². The molecule has 1 saturated heterocycles. The number of likely N-dealkylation sites (tertiary alicyclic amines) is 1. The number of imidazole rings is 1. The summed E-state index contributed by atoms with van der Waals surface area (Å²) < 4.78 is 15.4. The van der Waals surface area contributed by atoms with E-state index < -0.39 is 0 Å². The van der Waals surface area contributed by atoms with Crippen LogP contribution in [0.15, 0.2) is 67.4 Å². The molecule has 0 radical (unpaired) electrons. The second kappa shape index (κ2) is 9.51. The fraction of sp³-hybridized carbons (Fsp3) is 0.269. The zero-order chi connectivity index (χ0) is 23.5. The first-order valence-corrected chi connectivity index (χ1v) is 11.3. The van der Waals surface area contributed by atoms with Crippen molar-refractivity contribution in [1.29, 1.82) is 0 Å². The van der Waals surface area contributed by atoms with E-state index in [1.807, 2.05) is 35.0 Å². The second-order valence-electron chi connectivity index (χ2n) is 8.60. The van der Waals surface area contributed by atoms with Crippen molar-refractivity contribution in [2.24, 2.45) is 7.05 Å². The number of hydrogen-bond acceptors (Lipinski definition) is 5. The monoisotopic (exact) mass is 456 g/mol. The number of carbonyl (C=O) groups is 1. The minimum absolute atomic E-state index is 0.00538. The van der Waals surface area contributed by atoms with Crippen LogP contribution in [0.5, 0.6) is 0 Å². The van der Waals surface area contributed by atoms with Crippen LogP contribution in [0.3, 0.4) is 0 Å². The first-order chi connectivity index (χ1) is 16.6. The van der Waals surface area contributed by atoms with E-state index in [2.05, 4.69) is 15.0 Å². The zero-order valence-electron chi connectivity index (χ0n) is 18.9. The van der Waals surface area contributed by atoms with E-state index >= 15 is 0 Å². The van der Waals surface area contributed by atoms with Gasteiger partial charge in [-0.15, -0.1) is 0 Å². The van der Waals surface area contributed by atoms with Gasteiger partial charge in [0, 0.05) is 68.5 Å². The molecule has 34 heavy (non-hydrogen) atoms. The Labute approximate surface area is 197 Å². The van der Waals surface area contributed by atoms with Crippen molar-refractivity contribution in [2.75, 3.05) is 13.1 Å². The minimum atomic E-state index is -0.275. The third-order valence-electron chi connectivity index (χ3n) is 6.24. The standard InChI is InChI=1S/C26H25FN6O/c1-32-12-9-30-25(32)24-17-28-16-23(31-24)19-6-10-33(11-7-19)26(34)20-5-8-29-22(15-20)14-18-3-2-4-21(27)13-18/h2-5,8-9,12-13,15-17,19H,6-7,10-11,14H2,1H3. The van der Waals surface area contributed by atoms with Crippen molar-refractivity contribution < 1.29 is 9.18 Å². The summed E-state index contributed by atoms with van der Waals surface area (Å²) in [6, 6.07) is 10.00. The highest BCUT2D eigenvalue weighted by molar-refractivity contribution is 5.94. The fourth-order valence-electron chi connectivity index (χ4n) is 4.42. The maximum Gasteiger partial charge on any atom is 0.253 e. The summed E-state index contributed by atoms with van der Waals surface area (Å²) in [5.41, 5.74) is 3.87. The van der Waals surface area contributed by atoms with Gasteiger partial charge in [0.2, 0.25) is 0 Å². The molecule has 3 aromatic heterocycles. The number of rotatable bonds is 5. The molecular weight excluding hydrogens is 431 g/mol. The molecule has 0 atom stereocenters. The molecule has 1 aliphatic rings. The summed E-state index contributed by atoms with van der Waals surface area (Å²) in [5.74, 6) is 0.753. The molecule has 1 amide bonds. The molecule has 0 bridgehead atoms. The van der Waals surface area contributed by atoms with E-state index in [4.69, 9.17) is 4.98 Å². The van der Waals surface area contributed by atoms with Gasteiger partial charge in [-0.25, -0.2) is 14.4 Å². The van der Waals surface area contributed by atoms with E-state index in [-0.39, 0.29) is 17.6 Å². The van der Waals surface area contributed by atoms with E-state index in [0.29, 0.717) is 25.1 Å². The molecule has 8 heteroatoms. The lowest BCUT2D eigenvalue weighted by atomic mass is 9.93. The maximum atomic E-state index is 13.5. The Morgan fingerprint density at radius 2 is 1.94 bits per heavy atom. The van der Waals surface area contributed by atoms with Crippen LogP contribution in [-0.2, 0) is 13.5 Å². The molecule has 1 aliphatic heterocycles. The van der Waals surface area contributed by atoms with E-state index in [1.165, 1.54) is 12.1 Å². The number of halogens is 1. The smallest absolute Gasteiger partial charge is 0.253 e. The lowest BCUT2D eigenvalue weighted by Crippen LogP contribution is -2.38. The van der Waals surface area contributed by atoms with Crippen LogP contribution >= 0.6 is 0 Å². The summed E-state index contributed by atoms with van der Waals surface area (Å²) in [7, 11) is 1.93. The molecule has 5 rings (SSSR count). The zero-order valence-corrected chi connectivity index (χ0v) is 18.9. The van der Waals surface area contributed by atoms with Gasteiger partial charge in [-0.1, -0.05) is 12.1 Å². The van der Waals surface area contributed by atoms with E-state index in [1.54, 1.807) is 36.8 Å². The van der Waals surface area contributed by atoms with Gasteiger partial charge in [0.15, 0.2) is 5.82 Å². The predicted molar refractivity (Wildman–Crippen MR) is 126 cm³/mol. The minimum Gasteiger partial charge on any atom is -0.339 e. The molecule has 0 aliphatic carbocycles. The molecule has 1 aromatic carbocycles. The lowest BCUT2D eigenvalue weighted by molar-refractivity contribution is 0.0711. The number of pyridine rings is 1. The van der Waals surface area contributed by atoms with Gasteiger partial charge in [-0.05, 0) is 42.7 Å². The molecule has 1 fully saturated rings. The molecule has 172 valence electrons. The molecule has 4 heterocycles. The van der Waals surface area contributed by atoms with E-state index in [9.17, 15) is 9.18 Å². The van der Waals surface area contributed by atoms with Crippen LogP contribution in [0, 0.1) is 5.82 Å². The van der Waals surface area contributed by atoms with Crippen molar-refractivity contribution in [3.8, 4) is 11.5 Å². The third kappa shape index (κ3) is 4.71. The number of piperidine rings is 1. The van der Waals surface area contributed by atoms with Crippen molar-refractivity contribution in [3.63, 3.8) is 0 Å². The normalized spacial score (nSPS) is 14.4. The Bertz CT molecular complexity index is 1310. The lowest BCUT2D eigenvalue weighted by Gasteiger charge is -2.31. The van der Waals surface area contributed by atoms with Crippen molar-refractivity contribution >= 4 is 5.91 Å². The molecule has 0 N–H and O–H groups in total. The first kappa shape index (κ1) is 21.9. The number of aromatic nitrogens is 5. The Hall–Kier alpha value is -3.94. The van der Waals surface area contributed by atoms with Crippen LogP contribution in [0.4, 0.5) is 4.39 Å². The average Bonchev–Trinajstić information content (AvgIpc) is 3.30. The number of nitrogens with zero attached hydrogens (tertiary/aromatic N) is 6. The second-order valence-corrected chi connectivity index (χ2v) is 8.60. The van der Waals surface area contributed by atoms with Crippen LogP contribution in [-0.4, -0.2) is 48.4 Å². The number of carbonyl (C=O) groups excluding carboxylic acids is 1. The van der Waals surface area contributed by atoms with Crippen molar-refractivity contribution in [2.45, 2.75) is 25.2 Å². The van der Waals surface area contributed by atoms with E-state index in [0.717, 1.165) is 41.3 Å². The summed E-state index contributed by atoms with van der Waals surface area (Å²) >= 11 is 0. The Morgan fingerprint density at radius 1 is 1.09 bits per heavy atom. The number of benzene rings is 1. The van der Waals surface area contributed by atoms with Gasteiger partial charge in [0.25, 0.3) is 5.91 Å². The van der Waals surface area contributed by atoms with Gasteiger partial charge < -0.3 is 9.47 Å². The Morgan fingerprint density at radius 3 is 2.71 bits per heavy atom. The number of amides is 1. The predicted octanol–water partition coefficient (Wildman–Crippen LogP) is 4.02. The summed E-state index contributed by atoms with van der Waals surface area (Å²) in [4.78, 5) is 32.9.